The summed E-state index contributed by atoms with van der Waals surface area (Å²) in [5.41, 5.74) is 3.42. The molecule has 0 saturated heterocycles. The monoisotopic (exact) mass is 550 g/mol. The van der Waals surface area contributed by atoms with Crippen LogP contribution in [-0.2, 0) is 6.61 Å². The minimum Gasteiger partial charge on any atom is -0.493 e. The summed E-state index contributed by atoms with van der Waals surface area (Å²) in [6, 6.07) is 25.5. The Bertz CT molecular complexity index is 1890. The Morgan fingerprint density at radius 3 is 2.58 bits per heavy atom. The summed E-state index contributed by atoms with van der Waals surface area (Å²) in [6.45, 7) is 0.182. The van der Waals surface area contributed by atoms with E-state index in [9.17, 15) is 0 Å². The van der Waals surface area contributed by atoms with Gasteiger partial charge in [-0.15, -0.1) is 5.10 Å². The van der Waals surface area contributed by atoms with Gasteiger partial charge in [0.25, 0.3) is 0 Å². The summed E-state index contributed by atoms with van der Waals surface area (Å²) in [6.07, 6.45) is 1.62. The highest BCUT2D eigenvalue weighted by molar-refractivity contribution is 6.30. The second-order valence-electron chi connectivity index (χ2n) is 9.36. The quantitative estimate of drug-likeness (QED) is 0.225. The van der Waals surface area contributed by atoms with Gasteiger partial charge in [-0.3, -0.25) is 0 Å². The third kappa shape index (κ3) is 4.04. The maximum Gasteiger partial charge on any atom is 0.228 e. The van der Waals surface area contributed by atoms with Crippen molar-refractivity contribution in [1.29, 1.82) is 0 Å². The highest BCUT2D eigenvalue weighted by Crippen LogP contribution is 2.51. The minimum absolute atomic E-state index is 0.182. The molecule has 0 fully saturated rings. The number of halogens is 1. The standard InChI is InChI=1S/C31H23ClN4O4/c1-37-24-14-8-19(15-25(24)38-2)27-23-13-7-18-5-3-4-6-22(18)29(23)40-31-28(27)30-34-26(35-36(30)17-33-31)16-39-21-11-9-20(32)10-12-21/h3-15,17,27H,16H2,1-2H3/t27-/m0/s1. The molecule has 1 atom stereocenters. The largest absolute Gasteiger partial charge is 0.493 e. The van der Waals surface area contributed by atoms with Gasteiger partial charge in [0.05, 0.1) is 19.8 Å². The number of hydrogen-bond donors (Lipinski definition) is 0. The van der Waals surface area contributed by atoms with Crippen molar-refractivity contribution in [3.05, 3.63) is 113 Å². The second-order valence-corrected chi connectivity index (χ2v) is 9.79. The molecule has 40 heavy (non-hydrogen) atoms. The van der Waals surface area contributed by atoms with Crippen LogP contribution in [0.25, 0.3) is 16.4 Å². The third-order valence-corrected chi connectivity index (χ3v) is 7.31. The second kappa shape index (κ2) is 9.73. The number of nitrogens with zero attached hydrogens (tertiary/aromatic N) is 4. The van der Waals surface area contributed by atoms with Crippen molar-refractivity contribution in [2.24, 2.45) is 0 Å². The number of hydrogen-bond acceptors (Lipinski definition) is 7. The van der Waals surface area contributed by atoms with Crippen LogP contribution >= 0.6 is 11.6 Å². The fourth-order valence-electron chi connectivity index (χ4n) is 5.21. The van der Waals surface area contributed by atoms with E-state index in [2.05, 4.69) is 34.3 Å². The Morgan fingerprint density at radius 1 is 0.925 bits per heavy atom. The van der Waals surface area contributed by atoms with Crippen molar-refractivity contribution < 1.29 is 18.9 Å². The highest BCUT2D eigenvalue weighted by atomic mass is 35.5. The van der Waals surface area contributed by atoms with Crippen molar-refractivity contribution >= 4 is 28.0 Å². The van der Waals surface area contributed by atoms with E-state index >= 15 is 0 Å². The highest BCUT2D eigenvalue weighted by Gasteiger charge is 2.34. The van der Waals surface area contributed by atoms with E-state index in [0.717, 1.165) is 33.2 Å². The van der Waals surface area contributed by atoms with Crippen LogP contribution < -0.4 is 18.9 Å². The number of fused-ring (bicyclic) bond motifs is 6. The van der Waals surface area contributed by atoms with Crippen LogP contribution in [0.3, 0.4) is 0 Å². The molecule has 0 saturated carbocycles. The fraction of sp³-hybridized carbons (Fsp3) is 0.129. The zero-order chi connectivity index (χ0) is 27.2. The number of aromatic nitrogens is 4. The average molecular weight is 551 g/mol. The van der Waals surface area contributed by atoms with E-state index in [4.69, 9.17) is 35.5 Å². The molecule has 4 aromatic carbocycles. The molecule has 0 radical (unpaired) electrons. The summed E-state index contributed by atoms with van der Waals surface area (Å²) in [5.74, 6) is 3.47. The summed E-state index contributed by atoms with van der Waals surface area (Å²) < 4.78 is 25.3. The van der Waals surface area contributed by atoms with E-state index in [-0.39, 0.29) is 12.5 Å². The molecule has 0 amide bonds. The molecular formula is C31H23ClN4O4. The zero-order valence-electron chi connectivity index (χ0n) is 21.7. The lowest BCUT2D eigenvalue weighted by Gasteiger charge is -2.29. The molecule has 6 aromatic rings. The summed E-state index contributed by atoms with van der Waals surface area (Å²) >= 11 is 6.00. The first-order valence-corrected chi connectivity index (χ1v) is 13.0. The Labute approximate surface area is 234 Å². The SMILES string of the molecule is COc1ccc([C@H]2c3ccc4ccccc4c3Oc3ncn4nc(COc5ccc(Cl)cc5)nc4c32)cc1OC. The summed E-state index contributed by atoms with van der Waals surface area (Å²) in [4.78, 5) is 9.54. The molecule has 198 valence electrons. The number of ether oxygens (including phenoxy) is 4. The van der Waals surface area contributed by atoms with Crippen LogP contribution in [0.2, 0.25) is 5.02 Å². The zero-order valence-corrected chi connectivity index (χ0v) is 22.4. The molecular weight excluding hydrogens is 528 g/mol. The van der Waals surface area contributed by atoms with Crippen LogP contribution in [0.4, 0.5) is 0 Å². The lowest BCUT2D eigenvalue weighted by atomic mass is 9.82. The van der Waals surface area contributed by atoms with Gasteiger partial charge >= 0.3 is 0 Å². The molecule has 9 heteroatoms. The molecule has 8 nitrogen and oxygen atoms in total. The fourth-order valence-corrected chi connectivity index (χ4v) is 5.34. The average Bonchev–Trinajstić information content (AvgIpc) is 3.43. The van der Waals surface area contributed by atoms with Gasteiger partial charge in [-0.2, -0.15) is 0 Å². The van der Waals surface area contributed by atoms with E-state index in [1.807, 2.05) is 42.5 Å². The molecule has 0 unspecified atom stereocenters. The molecule has 0 N–H and O–H groups in total. The van der Waals surface area contributed by atoms with Crippen molar-refractivity contribution in [3.8, 4) is 28.9 Å². The lowest BCUT2D eigenvalue weighted by Crippen LogP contribution is -2.15. The Balaban J connectivity index is 1.39. The van der Waals surface area contributed by atoms with E-state index in [1.165, 1.54) is 0 Å². The van der Waals surface area contributed by atoms with Gasteiger partial charge in [-0.05, 0) is 47.3 Å². The van der Waals surface area contributed by atoms with Gasteiger partial charge in [-0.1, -0.05) is 54.1 Å². The van der Waals surface area contributed by atoms with E-state index < -0.39 is 0 Å². The topological polar surface area (TPSA) is 80.0 Å². The number of methoxy groups -OCH3 is 2. The predicted octanol–water partition coefficient (Wildman–Crippen LogP) is 6.81. The van der Waals surface area contributed by atoms with Crippen LogP contribution in [0.15, 0.2) is 85.2 Å². The minimum atomic E-state index is -0.256. The smallest absolute Gasteiger partial charge is 0.228 e. The van der Waals surface area contributed by atoms with Crippen LogP contribution in [0.5, 0.6) is 28.9 Å². The summed E-state index contributed by atoms with van der Waals surface area (Å²) in [7, 11) is 3.26. The first-order chi connectivity index (χ1) is 19.6. The molecule has 1 aliphatic heterocycles. The van der Waals surface area contributed by atoms with Gasteiger partial charge in [0.15, 0.2) is 23.0 Å². The van der Waals surface area contributed by atoms with Crippen molar-refractivity contribution in [2.75, 3.05) is 14.2 Å². The molecule has 1 aliphatic rings. The van der Waals surface area contributed by atoms with Gasteiger partial charge < -0.3 is 18.9 Å². The summed E-state index contributed by atoms with van der Waals surface area (Å²) in [5, 5.41) is 7.38. The van der Waals surface area contributed by atoms with E-state index in [1.54, 1.807) is 37.2 Å². The van der Waals surface area contributed by atoms with Crippen molar-refractivity contribution in [3.63, 3.8) is 0 Å². The molecule has 0 spiro atoms. The number of benzene rings is 4. The van der Waals surface area contributed by atoms with Crippen LogP contribution in [0, 0.1) is 0 Å². The maximum absolute atomic E-state index is 6.51. The Hall–Kier alpha value is -4.82. The third-order valence-electron chi connectivity index (χ3n) is 7.06. The normalized spacial score (nSPS) is 13.9. The Kier molecular flexibility index (Phi) is 5.90. The van der Waals surface area contributed by atoms with Gasteiger partial charge in [0.2, 0.25) is 5.88 Å². The lowest BCUT2D eigenvalue weighted by molar-refractivity contribution is 0.296. The first-order valence-electron chi connectivity index (χ1n) is 12.7. The van der Waals surface area contributed by atoms with Crippen LogP contribution in [0.1, 0.15) is 28.4 Å². The van der Waals surface area contributed by atoms with Crippen molar-refractivity contribution in [2.45, 2.75) is 12.5 Å². The van der Waals surface area contributed by atoms with E-state index in [0.29, 0.717) is 39.6 Å². The molecule has 2 aromatic heterocycles. The predicted molar refractivity (Wildman–Crippen MR) is 151 cm³/mol. The van der Waals surface area contributed by atoms with Gasteiger partial charge in [0, 0.05) is 21.9 Å². The van der Waals surface area contributed by atoms with Gasteiger partial charge in [0.1, 0.15) is 24.4 Å². The van der Waals surface area contributed by atoms with Crippen molar-refractivity contribution in [1.82, 2.24) is 19.6 Å². The molecule has 3 heterocycles. The molecule has 0 aliphatic carbocycles. The number of rotatable bonds is 6. The Morgan fingerprint density at radius 2 is 1.75 bits per heavy atom. The molecule has 7 rings (SSSR count). The van der Waals surface area contributed by atoms with Crippen LogP contribution in [-0.4, -0.2) is 33.8 Å². The maximum atomic E-state index is 6.51. The van der Waals surface area contributed by atoms with Gasteiger partial charge in [-0.25, -0.2) is 14.5 Å². The first kappa shape index (κ1) is 24.2. The molecule has 0 bridgehead atoms.